The van der Waals surface area contributed by atoms with Crippen LogP contribution in [0.15, 0.2) is 46.2 Å². The third-order valence-corrected chi connectivity index (χ3v) is 4.10. The molecule has 19 heavy (non-hydrogen) atoms. The van der Waals surface area contributed by atoms with Crippen LogP contribution in [-0.4, -0.2) is 77.3 Å². The van der Waals surface area contributed by atoms with Crippen molar-refractivity contribution in [3.8, 4) is 0 Å². The number of rotatable bonds is 2. The molecule has 0 aliphatic heterocycles. The molecule has 2 aromatic carbocycles. The summed E-state index contributed by atoms with van der Waals surface area (Å²) in [4.78, 5) is -1.15. The molecule has 0 saturated heterocycles. The summed E-state index contributed by atoms with van der Waals surface area (Å²) in [5.74, 6) is 0. The minimum absolute atomic E-state index is 0. The standard InChI is InChI=1S/C10H8O6S2.K.H/c11-17(12,13)8-5-7-3-1-2-4-9(7)10(6-8)18(14,15)16;;/h1-6H,(H,11,12,13)(H,14,15,16);;. The molecule has 0 heterocycles. The molecule has 0 unspecified atom stereocenters. The van der Waals surface area contributed by atoms with Crippen LogP contribution in [0.2, 0.25) is 0 Å². The van der Waals surface area contributed by atoms with Crippen molar-refractivity contribution in [1.82, 2.24) is 0 Å². The second-order valence-corrected chi connectivity index (χ2v) is 6.40. The van der Waals surface area contributed by atoms with Gasteiger partial charge in [0.2, 0.25) is 0 Å². The topological polar surface area (TPSA) is 109 Å². The van der Waals surface area contributed by atoms with E-state index in [-0.39, 0.29) is 62.2 Å². The van der Waals surface area contributed by atoms with Gasteiger partial charge in [0, 0.05) is 5.39 Å². The van der Waals surface area contributed by atoms with E-state index >= 15 is 0 Å². The minimum atomic E-state index is -4.59. The predicted molar refractivity (Wildman–Crippen MR) is 70.7 cm³/mol. The van der Waals surface area contributed by atoms with Gasteiger partial charge in [0.05, 0.1) is 4.90 Å². The molecule has 0 fully saturated rings. The molecule has 0 aliphatic rings. The van der Waals surface area contributed by atoms with E-state index in [1.165, 1.54) is 12.1 Å². The van der Waals surface area contributed by atoms with E-state index in [1.807, 2.05) is 0 Å². The van der Waals surface area contributed by atoms with Crippen molar-refractivity contribution in [2.24, 2.45) is 0 Å². The number of hydrogen-bond donors (Lipinski definition) is 2. The maximum atomic E-state index is 11.2. The molecular formula is C10H9KO6S2. The van der Waals surface area contributed by atoms with E-state index in [2.05, 4.69) is 0 Å². The van der Waals surface area contributed by atoms with Crippen LogP contribution in [0.4, 0.5) is 0 Å². The molecule has 0 aliphatic carbocycles. The molecule has 9 heteroatoms. The Morgan fingerprint density at radius 3 is 1.95 bits per heavy atom. The van der Waals surface area contributed by atoms with Gasteiger partial charge in [0.1, 0.15) is 4.90 Å². The van der Waals surface area contributed by atoms with E-state index in [4.69, 9.17) is 9.11 Å². The van der Waals surface area contributed by atoms with Gasteiger partial charge in [-0.2, -0.15) is 16.8 Å². The van der Waals surface area contributed by atoms with Gasteiger partial charge >= 0.3 is 51.4 Å². The molecule has 0 atom stereocenters. The first kappa shape index (κ1) is 17.2. The number of benzene rings is 2. The van der Waals surface area contributed by atoms with Crippen LogP contribution in [-0.2, 0) is 20.2 Å². The first-order chi connectivity index (χ1) is 8.19. The van der Waals surface area contributed by atoms with Crippen LogP contribution in [0.5, 0.6) is 0 Å². The van der Waals surface area contributed by atoms with Gasteiger partial charge in [-0.05, 0) is 17.5 Å². The first-order valence-corrected chi connectivity index (χ1v) is 7.55. The van der Waals surface area contributed by atoms with Crippen LogP contribution in [0, 0.1) is 0 Å². The Bertz CT molecular complexity index is 826. The third-order valence-electron chi connectivity index (χ3n) is 2.37. The molecule has 98 valence electrons. The monoisotopic (exact) mass is 328 g/mol. The molecule has 0 amide bonds. The number of hydrogen-bond acceptors (Lipinski definition) is 4. The molecule has 0 radical (unpaired) electrons. The fraction of sp³-hybridized carbons (Fsp3) is 0. The van der Waals surface area contributed by atoms with Crippen molar-refractivity contribution >= 4 is 82.4 Å². The average Bonchev–Trinajstić information content (AvgIpc) is 2.25. The Morgan fingerprint density at radius 1 is 0.842 bits per heavy atom. The molecule has 0 aromatic heterocycles. The van der Waals surface area contributed by atoms with Gasteiger partial charge in [-0.3, -0.25) is 9.11 Å². The second-order valence-electron chi connectivity index (χ2n) is 3.59. The predicted octanol–water partition coefficient (Wildman–Crippen LogP) is 0.685. The fourth-order valence-electron chi connectivity index (χ4n) is 1.61. The molecule has 0 spiro atoms. The Morgan fingerprint density at radius 2 is 1.42 bits per heavy atom. The van der Waals surface area contributed by atoms with Crippen molar-refractivity contribution in [2.75, 3.05) is 0 Å². The van der Waals surface area contributed by atoms with Crippen molar-refractivity contribution in [3.05, 3.63) is 36.4 Å². The quantitative estimate of drug-likeness (QED) is 0.620. The normalized spacial score (nSPS) is 12.1. The van der Waals surface area contributed by atoms with E-state index < -0.39 is 30.0 Å². The Hall–Kier alpha value is 0.156. The van der Waals surface area contributed by atoms with E-state index in [1.54, 1.807) is 12.1 Å². The van der Waals surface area contributed by atoms with Gasteiger partial charge in [-0.25, -0.2) is 0 Å². The van der Waals surface area contributed by atoms with Crippen LogP contribution in [0.25, 0.3) is 10.8 Å². The molecular weight excluding hydrogens is 319 g/mol. The SMILES string of the molecule is O=S(=O)(O)c1cc(S(=O)(=O)O)c2ccccc2c1.[KH]. The average molecular weight is 328 g/mol. The molecule has 2 N–H and O–H groups in total. The van der Waals surface area contributed by atoms with Gasteiger partial charge in [-0.15, -0.1) is 0 Å². The Balaban J connectivity index is 0.00000180. The zero-order valence-corrected chi connectivity index (χ0v) is 10.4. The van der Waals surface area contributed by atoms with E-state index in [0.717, 1.165) is 6.07 Å². The summed E-state index contributed by atoms with van der Waals surface area (Å²) in [7, 11) is -9.14. The summed E-state index contributed by atoms with van der Waals surface area (Å²) in [5.41, 5.74) is 0. The molecule has 6 nitrogen and oxygen atoms in total. The summed E-state index contributed by atoms with van der Waals surface area (Å²) in [6.07, 6.45) is 0. The third kappa shape index (κ3) is 3.83. The van der Waals surface area contributed by atoms with Gasteiger partial charge in [0.15, 0.2) is 0 Å². The number of fused-ring (bicyclic) bond motifs is 1. The summed E-state index contributed by atoms with van der Waals surface area (Å²) in [5, 5.41) is 0.452. The zero-order valence-electron chi connectivity index (χ0n) is 8.81. The Labute approximate surface area is 152 Å². The van der Waals surface area contributed by atoms with Crippen molar-refractivity contribution < 1.29 is 25.9 Å². The fourth-order valence-corrected chi connectivity index (χ4v) is 2.97. The van der Waals surface area contributed by atoms with Crippen molar-refractivity contribution in [2.45, 2.75) is 9.79 Å². The van der Waals surface area contributed by atoms with Crippen molar-refractivity contribution in [1.29, 1.82) is 0 Å². The molecule has 2 rings (SSSR count). The second kappa shape index (κ2) is 5.88. The molecule has 0 saturated carbocycles. The first-order valence-electron chi connectivity index (χ1n) is 4.67. The van der Waals surface area contributed by atoms with Crippen LogP contribution >= 0.6 is 0 Å². The van der Waals surface area contributed by atoms with E-state index in [9.17, 15) is 16.8 Å². The summed E-state index contributed by atoms with van der Waals surface area (Å²) >= 11 is 0. The van der Waals surface area contributed by atoms with E-state index in [0.29, 0.717) is 6.07 Å². The van der Waals surface area contributed by atoms with Crippen molar-refractivity contribution in [3.63, 3.8) is 0 Å². The zero-order chi connectivity index (χ0) is 13.6. The van der Waals surface area contributed by atoms with Crippen LogP contribution in [0.3, 0.4) is 0 Å². The van der Waals surface area contributed by atoms with Crippen LogP contribution in [0.1, 0.15) is 0 Å². The maximum absolute atomic E-state index is 11.2. The van der Waals surface area contributed by atoms with Gasteiger partial charge < -0.3 is 0 Å². The summed E-state index contributed by atoms with van der Waals surface area (Å²) in [6, 6.07) is 7.85. The van der Waals surface area contributed by atoms with Gasteiger partial charge in [0.25, 0.3) is 20.2 Å². The van der Waals surface area contributed by atoms with Crippen LogP contribution < -0.4 is 0 Å². The van der Waals surface area contributed by atoms with Gasteiger partial charge in [-0.1, -0.05) is 24.3 Å². The Kier molecular flexibility index (Phi) is 5.32. The molecule has 0 bridgehead atoms. The summed E-state index contributed by atoms with van der Waals surface area (Å²) in [6.45, 7) is 0. The summed E-state index contributed by atoms with van der Waals surface area (Å²) < 4.78 is 62.5. The molecule has 2 aromatic rings.